The van der Waals surface area contributed by atoms with Gasteiger partial charge in [-0.25, -0.2) is 9.36 Å². The molecule has 3 N–H and O–H groups in total. The fraction of sp³-hybridized carbons (Fsp3) is 0.0556. The van der Waals surface area contributed by atoms with Crippen LogP contribution in [0.2, 0.25) is 0 Å². The molecule has 0 spiro atoms. The zero-order valence-corrected chi connectivity index (χ0v) is 13.5. The molecule has 0 unspecified atom stereocenters. The minimum Gasteiger partial charge on any atom is -0.398 e. The Morgan fingerprint density at radius 3 is 2.52 bits per heavy atom. The summed E-state index contributed by atoms with van der Waals surface area (Å²) in [6, 6.07) is 7.51. The highest BCUT2D eigenvalue weighted by molar-refractivity contribution is 5.97. The number of anilines is 1. The van der Waals surface area contributed by atoms with Crippen molar-refractivity contribution in [3.63, 3.8) is 0 Å². The molecule has 0 bridgehead atoms. The van der Waals surface area contributed by atoms with Crippen LogP contribution in [-0.2, 0) is 6.18 Å². The number of nitrogens with one attached hydrogen (secondary N) is 1. The quantitative estimate of drug-likeness (QED) is 0.503. The minimum absolute atomic E-state index is 0.0157. The largest absolute Gasteiger partial charge is 0.416 e. The number of alkyl halides is 3. The van der Waals surface area contributed by atoms with Crippen molar-refractivity contribution < 1.29 is 13.2 Å². The smallest absolute Gasteiger partial charge is 0.398 e. The average molecular weight is 372 g/mol. The molecule has 2 heterocycles. The summed E-state index contributed by atoms with van der Waals surface area (Å²) in [4.78, 5) is 31.8. The highest BCUT2D eigenvalue weighted by Crippen LogP contribution is 2.30. The normalized spacial score (nSPS) is 12.0. The topological polar surface area (TPSA) is 93.8 Å². The van der Waals surface area contributed by atoms with Gasteiger partial charge in [-0.15, -0.1) is 0 Å². The summed E-state index contributed by atoms with van der Waals surface area (Å²) in [7, 11) is 0. The van der Waals surface area contributed by atoms with E-state index < -0.39 is 23.0 Å². The van der Waals surface area contributed by atoms with Crippen molar-refractivity contribution in [1.29, 1.82) is 0 Å². The van der Waals surface area contributed by atoms with E-state index in [1.54, 1.807) is 18.2 Å². The van der Waals surface area contributed by atoms with Crippen molar-refractivity contribution in [2.45, 2.75) is 6.18 Å². The average Bonchev–Trinajstić information content (AvgIpc) is 2.61. The fourth-order valence-electron chi connectivity index (χ4n) is 2.99. The Bertz CT molecular complexity index is 1320. The van der Waals surface area contributed by atoms with Gasteiger partial charge in [-0.3, -0.25) is 9.78 Å². The number of nitrogens with two attached hydrogens (primary N) is 1. The van der Waals surface area contributed by atoms with E-state index in [1.807, 2.05) is 0 Å². The molecule has 0 aliphatic rings. The van der Waals surface area contributed by atoms with Crippen molar-refractivity contribution in [3.8, 4) is 5.69 Å². The second-order valence-corrected chi connectivity index (χ2v) is 5.93. The van der Waals surface area contributed by atoms with Crippen molar-refractivity contribution in [2.75, 3.05) is 5.73 Å². The van der Waals surface area contributed by atoms with Crippen LogP contribution in [0.25, 0.3) is 27.4 Å². The number of pyridine rings is 1. The van der Waals surface area contributed by atoms with Crippen molar-refractivity contribution in [3.05, 3.63) is 75.2 Å². The molecule has 136 valence electrons. The molecule has 0 saturated heterocycles. The van der Waals surface area contributed by atoms with E-state index in [0.717, 1.165) is 22.8 Å². The van der Waals surface area contributed by atoms with E-state index in [9.17, 15) is 22.8 Å². The maximum Gasteiger partial charge on any atom is 0.416 e. The molecule has 6 nitrogen and oxygen atoms in total. The summed E-state index contributed by atoms with van der Waals surface area (Å²) in [5.74, 6) is 0. The molecule has 0 amide bonds. The second kappa shape index (κ2) is 5.70. The van der Waals surface area contributed by atoms with Gasteiger partial charge in [0, 0.05) is 22.7 Å². The molecule has 4 rings (SSSR count). The summed E-state index contributed by atoms with van der Waals surface area (Å²) >= 11 is 0. The Morgan fingerprint density at radius 2 is 1.78 bits per heavy atom. The summed E-state index contributed by atoms with van der Waals surface area (Å²) in [5, 5.41) is 0.736. The molecule has 27 heavy (non-hydrogen) atoms. The lowest BCUT2D eigenvalue weighted by Crippen LogP contribution is -2.34. The monoisotopic (exact) mass is 372 g/mol. The number of rotatable bonds is 1. The number of hydrogen-bond donors (Lipinski definition) is 2. The van der Waals surface area contributed by atoms with Crippen LogP contribution in [0.4, 0.5) is 18.9 Å². The summed E-state index contributed by atoms with van der Waals surface area (Å²) in [6.07, 6.45) is -1.84. The first-order valence-corrected chi connectivity index (χ1v) is 7.76. The maximum absolute atomic E-state index is 13.0. The summed E-state index contributed by atoms with van der Waals surface area (Å²) < 4.78 is 39.8. The first-order valence-electron chi connectivity index (χ1n) is 7.76. The molecule has 0 aliphatic heterocycles. The van der Waals surface area contributed by atoms with E-state index in [4.69, 9.17) is 5.73 Å². The molecule has 2 aromatic heterocycles. The van der Waals surface area contributed by atoms with Gasteiger partial charge in [0.15, 0.2) is 0 Å². The van der Waals surface area contributed by atoms with Gasteiger partial charge in [-0.05, 0) is 24.3 Å². The molecule has 2 aromatic carbocycles. The third-order valence-electron chi connectivity index (χ3n) is 4.28. The molecule has 0 atom stereocenters. The van der Waals surface area contributed by atoms with Crippen LogP contribution in [0.3, 0.4) is 0 Å². The standard InChI is InChI=1S/C18H11F3N4O2/c19-18(20,21)9-4-5-14-11(6-9)16(26)25(17(27)24-14)15-8-23-7-12-10(15)2-1-3-13(12)22/h1-8H,22H2,(H,24,27). The van der Waals surface area contributed by atoms with Crippen LogP contribution < -0.4 is 17.0 Å². The van der Waals surface area contributed by atoms with Gasteiger partial charge in [-0.1, -0.05) is 12.1 Å². The van der Waals surface area contributed by atoms with Crippen LogP contribution in [-0.4, -0.2) is 14.5 Å². The predicted octanol–water partition coefficient (Wildman–Crippen LogP) is 2.83. The van der Waals surface area contributed by atoms with Crippen LogP contribution in [0, 0.1) is 0 Å². The molecular formula is C18H11F3N4O2. The Balaban J connectivity index is 2.11. The van der Waals surface area contributed by atoms with Gasteiger partial charge in [-0.2, -0.15) is 13.2 Å². The highest BCUT2D eigenvalue weighted by Gasteiger charge is 2.31. The van der Waals surface area contributed by atoms with E-state index in [1.165, 1.54) is 12.4 Å². The SMILES string of the molecule is Nc1cccc2c(-n3c(=O)[nH]c4ccc(C(F)(F)F)cc4c3=O)cncc12. The van der Waals surface area contributed by atoms with E-state index in [-0.39, 0.29) is 16.6 Å². The number of H-pyrrole nitrogens is 1. The lowest BCUT2D eigenvalue weighted by Gasteiger charge is -2.11. The van der Waals surface area contributed by atoms with Gasteiger partial charge in [0.2, 0.25) is 0 Å². The van der Waals surface area contributed by atoms with Crippen molar-refractivity contribution in [2.24, 2.45) is 0 Å². The molecule has 9 heteroatoms. The lowest BCUT2D eigenvalue weighted by atomic mass is 10.1. The zero-order valence-electron chi connectivity index (χ0n) is 13.5. The molecule has 0 radical (unpaired) electrons. The Hall–Kier alpha value is -3.62. The Kier molecular flexibility index (Phi) is 3.55. The first-order chi connectivity index (χ1) is 12.8. The molecule has 0 fully saturated rings. The molecule has 0 saturated carbocycles. The number of benzene rings is 2. The first kappa shape index (κ1) is 16.8. The third kappa shape index (κ3) is 2.64. The number of nitrogen functional groups attached to an aromatic ring is 1. The van der Waals surface area contributed by atoms with Crippen LogP contribution in [0.15, 0.2) is 58.4 Å². The van der Waals surface area contributed by atoms with Gasteiger partial charge in [0.1, 0.15) is 0 Å². The predicted molar refractivity (Wildman–Crippen MR) is 94.9 cm³/mol. The van der Waals surface area contributed by atoms with E-state index in [0.29, 0.717) is 16.5 Å². The number of aromatic nitrogens is 3. The lowest BCUT2D eigenvalue weighted by molar-refractivity contribution is -0.137. The zero-order chi connectivity index (χ0) is 19.3. The van der Waals surface area contributed by atoms with Crippen molar-refractivity contribution >= 4 is 27.4 Å². The molecule has 4 aromatic rings. The number of aromatic amines is 1. The van der Waals surface area contributed by atoms with Gasteiger partial charge in [0.25, 0.3) is 5.56 Å². The Labute approximate surface area is 148 Å². The summed E-state index contributed by atoms with van der Waals surface area (Å²) in [5.41, 5.74) is 3.79. The van der Waals surface area contributed by atoms with Gasteiger partial charge >= 0.3 is 11.9 Å². The number of halogens is 3. The van der Waals surface area contributed by atoms with Gasteiger partial charge < -0.3 is 10.7 Å². The minimum atomic E-state index is -4.61. The van der Waals surface area contributed by atoms with Crippen LogP contribution >= 0.6 is 0 Å². The summed E-state index contributed by atoms with van der Waals surface area (Å²) in [6.45, 7) is 0. The van der Waals surface area contributed by atoms with Crippen molar-refractivity contribution in [1.82, 2.24) is 14.5 Å². The second-order valence-electron chi connectivity index (χ2n) is 5.93. The maximum atomic E-state index is 13.0. The van der Waals surface area contributed by atoms with Crippen LogP contribution in [0.1, 0.15) is 5.56 Å². The Morgan fingerprint density at radius 1 is 1.00 bits per heavy atom. The third-order valence-corrected chi connectivity index (χ3v) is 4.28. The number of hydrogen-bond acceptors (Lipinski definition) is 4. The number of nitrogens with zero attached hydrogens (tertiary/aromatic N) is 2. The van der Waals surface area contributed by atoms with Crippen LogP contribution in [0.5, 0.6) is 0 Å². The molecule has 0 aliphatic carbocycles. The van der Waals surface area contributed by atoms with Gasteiger partial charge in [0.05, 0.1) is 28.4 Å². The van der Waals surface area contributed by atoms with E-state index >= 15 is 0 Å². The molecular weight excluding hydrogens is 361 g/mol. The fourth-order valence-corrected chi connectivity index (χ4v) is 2.99. The highest BCUT2D eigenvalue weighted by atomic mass is 19.4. The van der Waals surface area contributed by atoms with E-state index in [2.05, 4.69) is 9.97 Å². The number of fused-ring (bicyclic) bond motifs is 2.